The third-order valence-electron chi connectivity index (χ3n) is 4.88. The summed E-state index contributed by atoms with van der Waals surface area (Å²) in [5.74, 6) is 2.46. The highest BCUT2D eigenvalue weighted by atomic mass is 16.5. The van der Waals surface area contributed by atoms with Gasteiger partial charge in [0.05, 0.1) is 27.9 Å². The van der Waals surface area contributed by atoms with E-state index in [0.29, 0.717) is 0 Å². The van der Waals surface area contributed by atoms with Crippen LogP contribution in [0, 0.1) is 0 Å². The monoisotopic (exact) mass is 378 g/mol. The Morgan fingerprint density at radius 3 is 1.54 bits per heavy atom. The first kappa shape index (κ1) is 19.8. The zero-order chi connectivity index (χ0) is 19.9. The molecule has 3 aromatic rings. The molecule has 0 unspecified atom stereocenters. The Balaban J connectivity index is 1.91. The molecule has 0 saturated carbocycles. The van der Waals surface area contributed by atoms with Gasteiger partial charge in [-0.1, -0.05) is 30.3 Å². The fraction of sp³-hybridized carbons (Fsp3) is 0.250. The summed E-state index contributed by atoms with van der Waals surface area (Å²) < 4.78 is 16.1. The van der Waals surface area contributed by atoms with Gasteiger partial charge in [0, 0.05) is 6.42 Å². The zero-order valence-corrected chi connectivity index (χ0v) is 16.6. The van der Waals surface area contributed by atoms with Gasteiger partial charge in [-0.15, -0.1) is 0 Å². The maximum atomic E-state index is 9.85. The molecule has 4 nitrogen and oxygen atoms in total. The van der Waals surface area contributed by atoms with Gasteiger partial charge >= 0.3 is 0 Å². The van der Waals surface area contributed by atoms with Crippen molar-refractivity contribution >= 4 is 0 Å². The quantitative estimate of drug-likeness (QED) is 0.632. The highest BCUT2D eigenvalue weighted by molar-refractivity contribution is 5.47. The van der Waals surface area contributed by atoms with E-state index in [1.54, 1.807) is 21.3 Å². The second-order valence-electron chi connectivity index (χ2n) is 6.64. The van der Waals surface area contributed by atoms with Crippen molar-refractivity contribution in [1.82, 2.24) is 0 Å². The molecule has 0 radical (unpaired) electrons. The predicted octanol–water partition coefficient (Wildman–Crippen LogP) is 4.39. The van der Waals surface area contributed by atoms with Gasteiger partial charge in [0.15, 0.2) is 0 Å². The fourth-order valence-electron chi connectivity index (χ4n) is 3.28. The summed E-state index contributed by atoms with van der Waals surface area (Å²) in [7, 11) is 4.99. The van der Waals surface area contributed by atoms with Crippen LogP contribution in [0.2, 0.25) is 0 Å². The van der Waals surface area contributed by atoms with Gasteiger partial charge in [0.1, 0.15) is 17.2 Å². The normalized spacial score (nSPS) is 10.6. The van der Waals surface area contributed by atoms with Gasteiger partial charge in [-0.25, -0.2) is 0 Å². The van der Waals surface area contributed by atoms with E-state index in [1.165, 1.54) is 5.56 Å². The number of aliphatic hydroxyl groups excluding tert-OH is 1. The Bertz CT molecular complexity index is 826. The lowest BCUT2D eigenvalue weighted by atomic mass is 9.94. The van der Waals surface area contributed by atoms with Crippen molar-refractivity contribution < 1.29 is 19.3 Å². The van der Waals surface area contributed by atoms with Gasteiger partial charge < -0.3 is 19.3 Å². The van der Waals surface area contributed by atoms with E-state index in [2.05, 4.69) is 18.2 Å². The lowest BCUT2D eigenvalue weighted by molar-refractivity contribution is 0.280. The van der Waals surface area contributed by atoms with E-state index >= 15 is 0 Å². The molecule has 0 aliphatic carbocycles. The molecule has 4 heteroatoms. The molecular weight excluding hydrogens is 352 g/mol. The van der Waals surface area contributed by atoms with E-state index < -0.39 is 0 Å². The van der Waals surface area contributed by atoms with Gasteiger partial charge in [0.2, 0.25) is 0 Å². The molecule has 0 fully saturated rings. The Labute approximate surface area is 166 Å². The average molecular weight is 378 g/mol. The fourth-order valence-corrected chi connectivity index (χ4v) is 3.28. The Hall–Kier alpha value is -2.98. The van der Waals surface area contributed by atoms with E-state index in [1.807, 2.05) is 42.5 Å². The molecule has 146 valence electrons. The SMILES string of the molecule is COc1ccc(Cc2cc(Cc3ccc(OC)cc3)c(OC)cc2CO)cc1. The first-order valence-electron chi connectivity index (χ1n) is 9.22. The van der Waals surface area contributed by atoms with Crippen molar-refractivity contribution in [2.45, 2.75) is 19.4 Å². The largest absolute Gasteiger partial charge is 0.497 e. The van der Waals surface area contributed by atoms with Crippen molar-refractivity contribution in [2.75, 3.05) is 21.3 Å². The molecule has 0 bridgehead atoms. The highest BCUT2D eigenvalue weighted by Crippen LogP contribution is 2.28. The van der Waals surface area contributed by atoms with Crippen LogP contribution in [0.15, 0.2) is 60.7 Å². The lowest BCUT2D eigenvalue weighted by Crippen LogP contribution is -2.02. The minimum absolute atomic E-state index is 0.0232. The average Bonchev–Trinajstić information content (AvgIpc) is 2.75. The molecule has 3 rings (SSSR count). The van der Waals surface area contributed by atoms with Crippen molar-refractivity contribution in [1.29, 1.82) is 0 Å². The van der Waals surface area contributed by atoms with Gasteiger partial charge in [-0.05, 0) is 64.6 Å². The number of benzene rings is 3. The topological polar surface area (TPSA) is 47.9 Å². The van der Waals surface area contributed by atoms with Crippen LogP contribution in [0.4, 0.5) is 0 Å². The van der Waals surface area contributed by atoms with E-state index in [0.717, 1.165) is 52.3 Å². The standard InChI is InChI=1S/C24H26O4/c1-26-22-8-4-17(5-9-22)12-19-14-20(24(28-3)15-21(19)16-25)13-18-6-10-23(27-2)11-7-18/h4-11,14-15,25H,12-13,16H2,1-3H3. The van der Waals surface area contributed by atoms with Crippen LogP contribution < -0.4 is 14.2 Å². The summed E-state index contributed by atoms with van der Waals surface area (Å²) >= 11 is 0. The van der Waals surface area contributed by atoms with Crippen LogP contribution >= 0.6 is 0 Å². The first-order valence-corrected chi connectivity index (χ1v) is 9.22. The molecule has 0 amide bonds. The van der Waals surface area contributed by atoms with Crippen LogP contribution in [0.25, 0.3) is 0 Å². The van der Waals surface area contributed by atoms with E-state index in [-0.39, 0.29) is 6.61 Å². The molecule has 0 atom stereocenters. The first-order chi connectivity index (χ1) is 13.7. The molecule has 0 aliphatic rings. The molecule has 1 N–H and O–H groups in total. The number of methoxy groups -OCH3 is 3. The second kappa shape index (κ2) is 9.29. The summed E-state index contributed by atoms with van der Waals surface area (Å²) in [6, 6.07) is 20.1. The molecule has 0 spiro atoms. The van der Waals surface area contributed by atoms with Crippen LogP contribution in [0.3, 0.4) is 0 Å². The third kappa shape index (κ3) is 4.65. The van der Waals surface area contributed by atoms with Crippen LogP contribution in [0.1, 0.15) is 27.8 Å². The number of ether oxygens (including phenoxy) is 3. The van der Waals surface area contributed by atoms with Crippen molar-refractivity contribution in [2.24, 2.45) is 0 Å². The summed E-state index contributed by atoms with van der Waals surface area (Å²) in [5, 5.41) is 9.85. The van der Waals surface area contributed by atoms with Gasteiger partial charge in [-0.2, -0.15) is 0 Å². The molecule has 28 heavy (non-hydrogen) atoms. The number of hydrogen-bond acceptors (Lipinski definition) is 4. The van der Waals surface area contributed by atoms with Crippen LogP contribution in [-0.2, 0) is 19.4 Å². The van der Waals surface area contributed by atoms with Crippen molar-refractivity contribution in [3.8, 4) is 17.2 Å². The smallest absolute Gasteiger partial charge is 0.122 e. The second-order valence-corrected chi connectivity index (χ2v) is 6.64. The molecule has 0 heterocycles. The Morgan fingerprint density at radius 2 is 1.11 bits per heavy atom. The van der Waals surface area contributed by atoms with E-state index in [9.17, 15) is 5.11 Å². The molecule has 3 aromatic carbocycles. The minimum Gasteiger partial charge on any atom is -0.497 e. The predicted molar refractivity (Wildman–Crippen MR) is 111 cm³/mol. The minimum atomic E-state index is -0.0232. The molecular formula is C24H26O4. The maximum Gasteiger partial charge on any atom is 0.122 e. The zero-order valence-electron chi connectivity index (χ0n) is 16.6. The van der Waals surface area contributed by atoms with Gasteiger partial charge in [0.25, 0.3) is 0 Å². The maximum absolute atomic E-state index is 9.85. The van der Waals surface area contributed by atoms with Crippen LogP contribution in [0.5, 0.6) is 17.2 Å². The van der Waals surface area contributed by atoms with Crippen LogP contribution in [-0.4, -0.2) is 26.4 Å². The number of hydrogen-bond donors (Lipinski definition) is 1. The number of rotatable bonds is 8. The van der Waals surface area contributed by atoms with Crippen molar-refractivity contribution in [3.63, 3.8) is 0 Å². The Kier molecular flexibility index (Phi) is 6.56. The third-order valence-corrected chi connectivity index (χ3v) is 4.88. The van der Waals surface area contributed by atoms with Crippen molar-refractivity contribution in [3.05, 3.63) is 88.5 Å². The molecule has 0 aromatic heterocycles. The summed E-state index contributed by atoms with van der Waals surface area (Å²) in [4.78, 5) is 0. The summed E-state index contributed by atoms with van der Waals surface area (Å²) in [6.45, 7) is -0.0232. The number of aliphatic hydroxyl groups is 1. The lowest BCUT2D eigenvalue weighted by Gasteiger charge is -2.15. The Morgan fingerprint density at radius 1 is 0.607 bits per heavy atom. The highest BCUT2D eigenvalue weighted by Gasteiger charge is 2.12. The summed E-state index contributed by atoms with van der Waals surface area (Å²) in [6.07, 6.45) is 1.48. The molecule has 0 saturated heterocycles. The van der Waals surface area contributed by atoms with Gasteiger partial charge in [-0.3, -0.25) is 0 Å². The molecule has 0 aliphatic heterocycles. The van der Waals surface area contributed by atoms with E-state index in [4.69, 9.17) is 14.2 Å². The summed E-state index contributed by atoms with van der Waals surface area (Å²) in [5.41, 5.74) is 5.40.